The summed E-state index contributed by atoms with van der Waals surface area (Å²) in [7, 11) is 0. The standard InChI is InChI=1S/C4H2BrS.Li/c5-4-1-2-6-3-4;/h1-2H;. The molecule has 0 nitrogen and oxygen atoms in total. The first-order chi connectivity index (χ1) is 3.30. The summed E-state index contributed by atoms with van der Waals surface area (Å²) in [6.07, 6.45) is 0. The molecular weight excluding hydrogens is 167 g/mol. The number of thiophene rings is 1. The Balaban J connectivity index is 3.12. The van der Waals surface area contributed by atoms with Crippen molar-refractivity contribution in [2.45, 2.75) is 0 Å². The summed E-state index contributed by atoms with van der Waals surface area (Å²) in [5.74, 6) is 0. The fourth-order valence-electron chi connectivity index (χ4n) is 0.369. The molecule has 0 aromatic carbocycles. The Labute approximate surface area is 64.3 Å². The Kier molecular flexibility index (Phi) is 2.00. The Hall–Kier alpha value is 0.777. The van der Waals surface area contributed by atoms with Crippen molar-refractivity contribution >= 4 is 48.5 Å². The third-order valence-electron chi connectivity index (χ3n) is 0.796. The van der Waals surface area contributed by atoms with Gasteiger partial charge in [0.05, 0.1) is 0 Å². The van der Waals surface area contributed by atoms with E-state index in [1.165, 1.54) is 8.02 Å². The van der Waals surface area contributed by atoms with E-state index in [-0.39, 0.29) is 0 Å². The van der Waals surface area contributed by atoms with E-state index in [9.17, 15) is 0 Å². The average Bonchev–Trinajstić information content (AvgIpc) is 1.91. The van der Waals surface area contributed by atoms with Crippen molar-refractivity contribution in [3.63, 3.8) is 0 Å². The summed E-state index contributed by atoms with van der Waals surface area (Å²) in [4.78, 5) is 0. The summed E-state index contributed by atoms with van der Waals surface area (Å²) in [6.45, 7) is 0. The van der Waals surface area contributed by atoms with Gasteiger partial charge in [0.15, 0.2) is 0 Å². The van der Waals surface area contributed by atoms with Crippen LogP contribution in [0, 0.1) is 0 Å². The molecule has 0 bridgehead atoms. The van der Waals surface area contributed by atoms with Crippen LogP contribution in [0.4, 0.5) is 0 Å². The molecule has 3 heteroatoms. The number of halogens is 1. The van der Waals surface area contributed by atoms with E-state index >= 15 is 0 Å². The van der Waals surface area contributed by atoms with Crippen molar-refractivity contribution < 1.29 is 0 Å². The van der Waals surface area contributed by atoms with Gasteiger partial charge in [0, 0.05) is 0 Å². The molecule has 0 atom stereocenters. The molecule has 7 heavy (non-hydrogen) atoms. The molecule has 1 aromatic rings. The Morgan fingerprint density at radius 3 is 2.57 bits per heavy atom. The van der Waals surface area contributed by atoms with E-state index in [0.29, 0.717) is 0 Å². The van der Waals surface area contributed by atoms with Crippen LogP contribution in [-0.4, -0.2) is 17.7 Å². The maximum absolute atomic E-state index is 3.38. The predicted molar refractivity (Wildman–Crippen MR) is 37.4 cm³/mol. The average molecular weight is 169 g/mol. The van der Waals surface area contributed by atoms with Gasteiger partial charge in [0.2, 0.25) is 0 Å². The molecular formula is C4H2BrLiS. The van der Waals surface area contributed by atoms with Crippen molar-refractivity contribution in [2.24, 2.45) is 0 Å². The van der Waals surface area contributed by atoms with Crippen LogP contribution in [0.3, 0.4) is 0 Å². The summed E-state index contributed by atoms with van der Waals surface area (Å²) in [5.41, 5.74) is 0. The zero-order valence-electron chi connectivity index (χ0n) is 3.94. The molecule has 0 fully saturated rings. The molecule has 0 saturated carbocycles. The van der Waals surface area contributed by atoms with Crippen LogP contribution in [0.15, 0.2) is 15.9 Å². The molecule has 0 radical (unpaired) electrons. The summed E-state index contributed by atoms with van der Waals surface area (Å²) < 4.78 is 2.57. The van der Waals surface area contributed by atoms with Gasteiger partial charge in [0.25, 0.3) is 0 Å². The zero-order valence-corrected chi connectivity index (χ0v) is 6.34. The SMILES string of the molecule is [Li][c]1sccc1Br. The van der Waals surface area contributed by atoms with Crippen LogP contribution in [0.5, 0.6) is 0 Å². The Morgan fingerprint density at radius 2 is 2.43 bits per heavy atom. The molecule has 1 rings (SSSR count). The first-order valence-corrected chi connectivity index (χ1v) is 3.67. The van der Waals surface area contributed by atoms with Gasteiger partial charge < -0.3 is 0 Å². The van der Waals surface area contributed by atoms with E-state index in [1.54, 1.807) is 11.3 Å². The molecule has 0 aliphatic heterocycles. The molecule has 0 aliphatic rings. The van der Waals surface area contributed by atoms with E-state index in [1.807, 2.05) is 0 Å². The molecule has 0 saturated heterocycles. The van der Waals surface area contributed by atoms with Crippen LogP contribution < -0.4 is 3.55 Å². The van der Waals surface area contributed by atoms with E-state index in [4.69, 9.17) is 0 Å². The topological polar surface area (TPSA) is 0 Å². The second-order valence-corrected chi connectivity index (χ2v) is 3.30. The minimum absolute atomic E-state index is 1.22. The van der Waals surface area contributed by atoms with Gasteiger partial charge in [0.1, 0.15) is 0 Å². The second kappa shape index (κ2) is 2.37. The molecule has 1 heterocycles. The monoisotopic (exact) mass is 168 g/mol. The van der Waals surface area contributed by atoms with Crippen LogP contribution in [-0.2, 0) is 0 Å². The fraction of sp³-hybridized carbons (Fsp3) is 0. The number of rotatable bonds is 0. The first-order valence-electron chi connectivity index (χ1n) is 2.00. The van der Waals surface area contributed by atoms with Gasteiger partial charge in [-0.2, -0.15) is 0 Å². The van der Waals surface area contributed by atoms with Crippen molar-refractivity contribution in [3.8, 4) is 0 Å². The zero-order chi connectivity index (χ0) is 5.28. The van der Waals surface area contributed by atoms with Crippen molar-refractivity contribution in [2.75, 3.05) is 0 Å². The van der Waals surface area contributed by atoms with Gasteiger partial charge in [-0.15, -0.1) is 0 Å². The summed E-state index contributed by atoms with van der Waals surface area (Å²) in [6, 6.07) is 2.06. The molecule has 1 aromatic heterocycles. The Morgan fingerprint density at radius 1 is 1.71 bits per heavy atom. The second-order valence-electron chi connectivity index (χ2n) is 1.32. The third kappa shape index (κ3) is 1.33. The maximum atomic E-state index is 3.38. The predicted octanol–water partition coefficient (Wildman–Crippen LogP) is 1.30. The van der Waals surface area contributed by atoms with Crippen LogP contribution in [0.1, 0.15) is 0 Å². The molecule has 0 unspecified atom stereocenters. The molecule has 0 spiro atoms. The van der Waals surface area contributed by atoms with Crippen molar-refractivity contribution in [1.29, 1.82) is 0 Å². The van der Waals surface area contributed by atoms with Crippen LogP contribution in [0.2, 0.25) is 0 Å². The molecule has 32 valence electrons. The van der Waals surface area contributed by atoms with E-state index < -0.39 is 0 Å². The quantitative estimate of drug-likeness (QED) is 0.513. The van der Waals surface area contributed by atoms with Gasteiger partial charge in [-0.25, -0.2) is 0 Å². The van der Waals surface area contributed by atoms with Crippen LogP contribution in [0.25, 0.3) is 0 Å². The number of hydrogen-bond donors (Lipinski definition) is 0. The molecule has 0 aliphatic carbocycles. The van der Waals surface area contributed by atoms with Crippen molar-refractivity contribution in [3.05, 3.63) is 15.9 Å². The van der Waals surface area contributed by atoms with Gasteiger partial charge in [-0.05, 0) is 0 Å². The molecule has 0 N–H and O–H groups in total. The van der Waals surface area contributed by atoms with Gasteiger partial charge >= 0.3 is 64.5 Å². The molecule has 0 amide bonds. The fourth-order valence-corrected chi connectivity index (χ4v) is 1.55. The van der Waals surface area contributed by atoms with Gasteiger partial charge in [-0.3, -0.25) is 0 Å². The van der Waals surface area contributed by atoms with E-state index in [0.717, 1.165) is 0 Å². The number of hydrogen-bond acceptors (Lipinski definition) is 1. The van der Waals surface area contributed by atoms with Crippen LogP contribution >= 0.6 is 27.3 Å². The normalized spacial score (nSPS) is 9.57. The van der Waals surface area contributed by atoms with Crippen molar-refractivity contribution in [1.82, 2.24) is 0 Å². The summed E-state index contributed by atoms with van der Waals surface area (Å²) in [5, 5.41) is 2.07. The van der Waals surface area contributed by atoms with Gasteiger partial charge in [-0.1, -0.05) is 0 Å². The first kappa shape index (κ1) is 5.91. The Bertz CT molecular complexity index is 144. The third-order valence-corrected chi connectivity index (χ3v) is 2.76. The van der Waals surface area contributed by atoms with E-state index in [2.05, 4.69) is 45.1 Å². The summed E-state index contributed by atoms with van der Waals surface area (Å²) >= 11 is 7.23. The minimum atomic E-state index is 1.22.